The zero-order valence-corrected chi connectivity index (χ0v) is 10.7. The monoisotopic (exact) mass is 306 g/mol. The van der Waals surface area contributed by atoms with Crippen molar-refractivity contribution in [1.82, 2.24) is 0 Å². The van der Waals surface area contributed by atoms with Gasteiger partial charge in [0.25, 0.3) is 0 Å². The van der Waals surface area contributed by atoms with E-state index in [-0.39, 0.29) is 5.41 Å². The Hall–Kier alpha value is 0.240. The van der Waals surface area contributed by atoms with E-state index in [4.69, 9.17) is 4.42 Å². The highest BCUT2D eigenvalue weighted by atomic mass is 79.9. The first-order chi connectivity index (χ1) is 6.12. The molecule has 1 fully saturated rings. The predicted molar refractivity (Wildman–Crippen MR) is 60.3 cm³/mol. The van der Waals surface area contributed by atoms with E-state index >= 15 is 0 Å². The van der Waals surface area contributed by atoms with Crippen molar-refractivity contribution in [2.45, 2.75) is 36.4 Å². The van der Waals surface area contributed by atoms with Gasteiger partial charge in [-0.15, -0.1) is 0 Å². The number of alkyl halides is 1. The highest BCUT2D eigenvalue weighted by Crippen LogP contribution is 2.45. The van der Waals surface area contributed by atoms with Gasteiger partial charge in [-0.05, 0) is 41.3 Å². The molecule has 2 atom stereocenters. The molecule has 2 rings (SSSR count). The van der Waals surface area contributed by atoms with Crippen LogP contribution in [-0.4, -0.2) is 4.83 Å². The van der Waals surface area contributed by atoms with Crippen LogP contribution < -0.4 is 0 Å². The second kappa shape index (κ2) is 3.43. The van der Waals surface area contributed by atoms with Crippen LogP contribution in [0, 0.1) is 0 Å². The van der Waals surface area contributed by atoms with Gasteiger partial charge >= 0.3 is 0 Å². The van der Waals surface area contributed by atoms with E-state index in [9.17, 15) is 0 Å². The summed E-state index contributed by atoms with van der Waals surface area (Å²) in [7, 11) is 0. The lowest BCUT2D eigenvalue weighted by Crippen LogP contribution is -2.17. The van der Waals surface area contributed by atoms with Crippen molar-refractivity contribution in [3.8, 4) is 0 Å². The zero-order valence-electron chi connectivity index (χ0n) is 7.52. The van der Waals surface area contributed by atoms with E-state index in [0.29, 0.717) is 4.83 Å². The van der Waals surface area contributed by atoms with Crippen molar-refractivity contribution in [3.63, 3.8) is 0 Å². The summed E-state index contributed by atoms with van der Waals surface area (Å²) < 4.78 is 6.64. The fourth-order valence-corrected chi connectivity index (χ4v) is 3.72. The topological polar surface area (TPSA) is 13.1 Å². The average molecular weight is 308 g/mol. The molecule has 0 bridgehead atoms. The molecule has 1 heterocycles. The highest BCUT2D eigenvalue weighted by molar-refractivity contribution is 9.10. The van der Waals surface area contributed by atoms with Crippen molar-refractivity contribution in [3.05, 3.63) is 22.6 Å². The first-order valence-electron chi connectivity index (χ1n) is 4.49. The van der Waals surface area contributed by atoms with Crippen molar-refractivity contribution in [2.24, 2.45) is 0 Å². The molecule has 1 aliphatic carbocycles. The summed E-state index contributed by atoms with van der Waals surface area (Å²) in [5.41, 5.74) is 0.219. The van der Waals surface area contributed by atoms with Crippen molar-refractivity contribution in [1.29, 1.82) is 0 Å². The third-order valence-electron chi connectivity index (χ3n) is 2.85. The SMILES string of the molecule is CC1(c2occc2Br)CCC(Br)C1. The molecule has 1 aromatic heterocycles. The molecule has 2 unspecified atom stereocenters. The minimum atomic E-state index is 0.219. The molecule has 1 nitrogen and oxygen atoms in total. The molecule has 1 aliphatic rings. The first kappa shape index (κ1) is 9.78. The van der Waals surface area contributed by atoms with Crippen LogP contribution in [0.1, 0.15) is 31.9 Å². The van der Waals surface area contributed by atoms with Gasteiger partial charge in [-0.3, -0.25) is 0 Å². The smallest absolute Gasteiger partial charge is 0.123 e. The molecule has 3 heteroatoms. The summed E-state index contributed by atoms with van der Waals surface area (Å²) in [5, 5.41) is 0. The molecule has 72 valence electrons. The lowest BCUT2D eigenvalue weighted by atomic mass is 9.86. The van der Waals surface area contributed by atoms with Crippen LogP contribution in [0.15, 0.2) is 21.2 Å². The molecule has 0 N–H and O–H groups in total. The summed E-state index contributed by atoms with van der Waals surface area (Å²) in [4.78, 5) is 0.648. The Kier molecular flexibility index (Phi) is 2.58. The normalized spacial score (nSPS) is 33.9. The second-order valence-corrected chi connectivity index (χ2v) is 6.15. The van der Waals surface area contributed by atoms with Crippen molar-refractivity contribution in [2.75, 3.05) is 0 Å². The van der Waals surface area contributed by atoms with Gasteiger partial charge in [0.05, 0.1) is 10.7 Å². The molecule has 0 radical (unpaired) electrons. The Morgan fingerprint density at radius 3 is 2.85 bits per heavy atom. The van der Waals surface area contributed by atoms with Crippen LogP contribution in [-0.2, 0) is 5.41 Å². The van der Waals surface area contributed by atoms with Crippen molar-refractivity contribution < 1.29 is 4.42 Å². The minimum absolute atomic E-state index is 0.219. The number of rotatable bonds is 1. The van der Waals surface area contributed by atoms with Gasteiger partial charge in [0.1, 0.15) is 5.76 Å². The fraction of sp³-hybridized carbons (Fsp3) is 0.600. The molecular formula is C10H12Br2O. The van der Waals surface area contributed by atoms with Crippen LogP contribution in [0.5, 0.6) is 0 Å². The van der Waals surface area contributed by atoms with Crippen LogP contribution in [0.2, 0.25) is 0 Å². The van der Waals surface area contributed by atoms with Crippen LogP contribution in [0.3, 0.4) is 0 Å². The third-order valence-corrected chi connectivity index (χ3v) is 4.25. The minimum Gasteiger partial charge on any atom is -0.468 e. The first-order valence-corrected chi connectivity index (χ1v) is 6.20. The number of halogens is 2. The molecule has 0 amide bonds. The van der Waals surface area contributed by atoms with E-state index < -0.39 is 0 Å². The molecule has 13 heavy (non-hydrogen) atoms. The number of hydrogen-bond donors (Lipinski definition) is 0. The number of furan rings is 1. The van der Waals surface area contributed by atoms with E-state index in [2.05, 4.69) is 38.8 Å². The summed E-state index contributed by atoms with van der Waals surface area (Å²) in [5.74, 6) is 1.11. The van der Waals surface area contributed by atoms with Gasteiger partial charge in [-0.25, -0.2) is 0 Å². The number of hydrogen-bond acceptors (Lipinski definition) is 1. The Morgan fingerprint density at radius 1 is 1.62 bits per heavy atom. The van der Waals surface area contributed by atoms with E-state index in [0.717, 1.165) is 10.2 Å². The summed E-state index contributed by atoms with van der Waals surface area (Å²) >= 11 is 7.19. The molecule has 0 aromatic carbocycles. The second-order valence-electron chi connectivity index (χ2n) is 4.00. The van der Waals surface area contributed by atoms with Gasteiger partial charge in [0.15, 0.2) is 0 Å². The maximum absolute atomic E-state index is 5.53. The lowest BCUT2D eigenvalue weighted by molar-refractivity contribution is 0.365. The van der Waals surface area contributed by atoms with E-state index in [1.54, 1.807) is 6.26 Å². The van der Waals surface area contributed by atoms with Gasteiger partial charge in [-0.1, -0.05) is 22.9 Å². The average Bonchev–Trinajstić information content (AvgIpc) is 2.59. The maximum Gasteiger partial charge on any atom is 0.123 e. The standard InChI is InChI=1S/C10H12Br2O/c1-10(4-2-7(11)6-10)9-8(12)3-5-13-9/h3,5,7H,2,4,6H2,1H3. The zero-order chi connectivity index (χ0) is 9.47. The van der Waals surface area contributed by atoms with Crippen LogP contribution in [0.4, 0.5) is 0 Å². The fourth-order valence-electron chi connectivity index (χ4n) is 2.10. The third kappa shape index (κ3) is 1.73. The Balaban J connectivity index is 2.30. The van der Waals surface area contributed by atoms with Crippen molar-refractivity contribution >= 4 is 31.9 Å². The van der Waals surface area contributed by atoms with Gasteiger partial charge in [0, 0.05) is 10.2 Å². The molecular weight excluding hydrogens is 296 g/mol. The molecule has 1 saturated carbocycles. The Labute approximate surface area is 95.1 Å². The molecule has 0 saturated heterocycles. The van der Waals surface area contributed by atoms with Crippen LogP contribution in [0.25, 0.3) is 0 Å². The van der Waals surface area contributed by atoms with Gasteiger partial charge < -0.3 is 4.42 Å². The molecule has 0 aliphatic heterocycles. The lowest BCUT2D eigenvalue weighted by Gasteiger charge is -2.21. The summed E-state index contributed by atoms with van der Waals surface area (Å²) in [6, 6.07) is 1.97. The van der Waals surface area contributed by atoms with Crippen LogP contribution >= 0.6 is 31.9 Å². The summed E-state index contributed by atoms with van der Waals surface area (Å²) in [6.07, 6.45) is 5.37. The molecule has 0 spiro atoms. The van der Waals surface area contributed by atoms with E-state index in [1.165, 1.54) is 19.3 Å². The van der Waals surface area contributed by atoms with Gasteiger partial charge in [0.2, 0.25) is 0 Å². The predicted octanol–water partition coefficient (Wildman–Crippen LogP) is 4.25. The molecule has 1 aromatic rings. The Morgan fingerprint density at radius 2 is 2.38 bits per heavy atom. The maximum atomic E-state index is 5.53. The van der Waals surface area contributed by atoms with E-state index in [1.807, 2.05) is 6.07 Å². The quantitative estimate of drug-likeness (QED) is 0.707. The Bertz CT molecular complexity index is 308. The largest absolute Gasteiger partial charge is 0.468 e. The summed E-state index contributed by atoms with van der Waals surface area (Å²) in [6.45, 7) is 2.28. The van der Waals surface area contributed by atoms with Gasteiger partial charge in [-0.2, -0.15) is 0 Å². The highest BCUT2D eigenvalue weighted by Gasteiger charge is 2.38.